The molecule has 0 saturated heterocycles. The van der Waals surface area contributed by atoms with Crippen molar-refractivity contribution in [1.29, 1.82) is 0 Å². The smallest absolute Gasteiger partial charge is 0.243 e. The van der Waals surface area contributed by atoms with Gasteiger partial charge in [0.1, 0.15) is 4.90 Å². The number of hydrogen-bond donors (Lipinski definition) is 3. The zero-order valence-electron chi connectivity index (χ0n) is 11.4. The molecule has 0 amide bonds. The number of aromatic amines is 1. The molecule has 20 heavy (non-hydrogen) atoms. The predicted molar refractivity (Wildman–Crippen MR) is 79.9 cm³/mol. The lowest BCUT2D eigenvalue weighted by Gasteiger charge is -2.41. The molecule has 1 aromatic carbocycles. The van der Waals surface area contributed by atoms with E-state index in [1.54, 1.807) is 18.2 Å². The molecule has 3 rings (SSSR count). The Kier molecular flexibility index (Phi) is 3.02. The van der Waals surface area contributed by atoms with E-state index in [4.69, 9.17) is 5.73 Å². The van der Waals surface area contributed by atoms with Gasteiger partial charge in [-0.3, -0.25) is 0 Å². The second-order valence-electron chi connectivity index (χ2n) is 5.55. The fourth-order valence-electron chi connectivity index (χ4n) is 2.81. The molecule has 0 spiro atoms. The van der Waals surface area contributed by atoms with Crippen molar-refractivity contribution in [3.05, 3.63) is 24.4 Å². The summed E-state index contributed by atoms with van der Waals surface area (Å²) in [6, 6.07) is 5.24. The van der Waals surface area contributed by atoms with Crippen LogP contribution in [0.1, 0.15) is 32.6 Å². The SMILES string of the molecule is CCC1(NS(=O)(=O)c2c[nH]c3ccc(N)cc23)CCC1. The number of aromatic nitrogens is 1. The third kappa shape index (κ3) is 2.09. The number of fused-ring (bicyclic) bond motifs is 1. The summed E-state index contributed by atoms with van der Waals surface area (Å²) in [5.41, 5.74) is 6.83. The van der Waals surface area contributed by atoms with Gasteiger partial charge in [0.25, 0.3) is 0 Å². The van der Waals surface area contributed by atoms with Crippen molar-refractivity contribution < 1.29 is 8.42 Å². The minimum Gasteiger partial charge on any atom is -0.399 e. The Morgan fingerprint density at radius 2 is 2.15 bits per heavy atom. The van der Waals surface area contributed by atoms with Crippen LogP contribution in [-0.4, -0.2) is 18.9 Å². The van der Waals surface area contributed by atoms with E-state index in [9.17, 15) is 8.42 Å². The Morgan fingerprint density at radius 3 is 2.75 bits per heavy atom. The molecule has 1 aliphatic carbocycles. The van der Waals surface area contributed by atoms with Crippen molar-refractivity contribution in [2.24, 2.45) is 0 Å². The van der Waals surface area contributed by atoms with E-state index in [2.05, 4.69) is 9.71 Å². The summed E-state index contributed by atoms with van der Waals surface area (Å²) in [6.45, 7) is 2.02. The van der Waals surface area contributed by atoms with Crippen LogP contribution in [-0.2, 0) is 10.0 Å². The number of rotatable bonds is 4. The van der Waals surface area contributed by atoms with E-state index in [1.807, 2.05) is 6.92 Å². The summed E-state index contributed by atoms with van der Waals surface area (Å²) < 4.78 is 28.1. The average Bonchev–Trinajstić information content (AvgIpc) is 2.77. The Labute approximate surface area is 118 Å². The minimum absolute atomic E-state index is 0.261. The van der Waals surface area contributed by atoms with Gasteiger partial charge in [-0.25, -0.2) is 13.1 Å². The van der Waals surface area contributed by atoms with Crippen LogP contribution in [0, 0.1) is 0 Å². The maximum absolute atomic E-state index is 12.6. The van der Waals surface area contributed by atoms with Gasteiger partial charge >= 0.3 is 0 Å². The fraction of sp³-hybridized carbons (Fsp3) is 0.429. The van der Waals surface area contributed by atoms with Gasteiger partial charge in [-0.1, -0.05) is 6.92 Å². The first kappa shape index (κ1) is 13.5. The molecule has 1 heterocycles. The van der Waals surface area contributed by atoms with Crippen molar-refractivity contribution >= 4 is 26.6 Å². The summed E-state index contributed by atoms with van der Waals surface area (Å²) in [7, 11) is -3.53. The number of hydrogen-bond acceptors (Lipinski definition) is 3. The largest absolute Gasteiger partial charge is 0.399 e. The first-order valence-electron chi connectivity index (χ1n) is 6.86. The van der Waals surface area contributed by atoms with Gasteiger partial charge in [0, 0.05) is 28.3 Å². The van der Waals surface area contributed by atoms with Crippen LogP contribution in [0.25, 0.3) is 10.9 Å². The number of sulfonamides is 1. The molecule has 2 aromatic rings. The molecule has 1 aliphatic rings. The lowest BCUT2D eigenvalue weighted by atomic mass is 9.76. The van der Waals surface area contributed by atoms with E-state index in [0.29, 0.717) is 11.1 Å². The van der Waals surface area contributed by atoms with Crippen LogP contribution in [0.3, 0.4) is 0 Å². The van der Waals surface area contributed by atoms with Crippen LogP contribution >= 0.6 is 0 Å². The highest BCUT2D eigenvalue weighted by Crippen LogP contribution is 2.36. The average molecular weight is 293 g/mol. The standard InChI is InChI=1S/C14H19N3O2S/c1-2-14(6-3-7-14)17-20(18,19)13-9-16-12-5-4-10(15)8-11(12)13/h4-5,8-9,16-17H,2-3,6-7,15H2,1H3. The van der Waals surface area contributed by atoms with Crippen molar-refractivity contribution in [3.63, 3.8) is 0 Å². The number of nitrogens with one attached hydrogen (secondary N) is 2. The highest BCUT2D eigenvalue weighted by molar-refractivity contribution is 7.89. The molecule has 0 atom stereocenters. The summed E-state index contributed by atoms with van der Waals surface area (Å²) >= 11 is 0. The van der Waals surface area contributed by atoms with E-state index in [0.717, 1.165) is 31.2 Å². The molecule has 0 bridgehead atoms. The number of anilines is 1. The molecule has 5 nitrogen and oxygen atoms in total. The molecular formula is C14H19N3O2S. The van der Waals surface area contributed by atoms with E-state index in [1.165, 1.54) is 6.20 Å². The highest BCUT2D eigenvalue weighted by Gasteiger charge is 2.39. The zero-order chi connectivity index (χ0) is 14.4. The molecular weight excluding hydrogens is 274 g/mol. The Balaban J connectivity index is 2.03. The monoisotopic (exact) mass is 293 g/mol. The molecule has 6 heteroatoms. The van der Waals surface area contributed by atoms with E-state index >= 15 is 0 Å². The van der Waals surface area contributed by atoms with Crippen LogP contribution in [0.15, 0.2) is 29.3 Å². The second-order valence-corrected chi connectivity index (χ2v) is 7.20. The van der Waals surface area contributed by atoms with Crippen molar-refractivity contribution in [1.82, 2.24) is 9.71 Å². The fourth-order valence-corrected chi connectivity index (χ4v) is 4.51. The van der Waals surface area contributed by atoms with Gasteiger partial charge < -0.3 is 10.7 Å². The van der Waals surface area contributed by atoms with Gasteiger partial charge in [0.2, 0.25) is 10.0 Å². The first-order chi connectivity index (χ1) is 9.46. The van der Waals surface area contributed by atoms with Crippen molar-refractivity contribution in [3.8, 4) is 0 Å². The molecule has 1 saturated carbocycles. The summed E-state index contributed by atoms with van der Waals surface area (Å²) in [4.78, 5) is 3.26. The topological polar surface area (TPSA) is 88.0 Å². The number of nitrogen functional groups attached to an aromatic ring is 1. The zero-order valence-corrected chi connectivity index (χ0v) is 12.3. The number of H-pyrrole nitrogens is 1. The second kappa shape index (κ2) is 4.49. The maximum atomic E-state index is 12.6. The molecule has 108 valence electrons. The third-order valence-electron chi connectivity index (χ3n) is 4.30. The molecule has 0 radical (unpaired) electrons. The van der Waals surface area contributed by atoms with Gasteiger partial charge in [-0.2, -0.15) is 0 Å². The summed E-state index contributed by atoms with van der Waals surface area (Å²) in [5.74, 6) is 0. The minimum atomic E-state index is -3.53. The summed E-state index contributed by atoms with van der Waals surface area (Å²) in [5, 5.41) is 0.642. The molecule has 4 N–H and O–H groups in total. The van der Waals surface area contributed by atoms with Crippen molar-refractivity contribution in [2.75, 3.05) is 5.73 Å². The van der Waals surface area contributed by atoms with Gasteiger partial charge in [0.05, 0.1) is 0 Å². The predicted octanol–water partition coefficient (Wildman–Crippen LogP) is 2.36. The quantitative estimate of drug-likeness (QED) is 0.756. The number of benzene rings is 1. The van der Waals surface area contributed by atoms with Gasteiger partial charge in [0.15, 0.2) is 0 Å². The first-order valence-corrected chi connectivity index (χ1v) is 8.35. The Hall–Kier alpha value is -1.53. The highest BCUT2D eigenvalue weighted by atomic mass is 32.2. The Bertz CT molecular complexity index is 739. The maximum Gasteiger partial charge on any atom is 0.243 e. The number of nitrogens with two attached hydrogens (primary N) is 1. The van der Waals surface area contributed by atoms with Gasteiger partial charge in [-0.05, 0) is 43.9 Å². The van der Waals surface area contributed by atoms with Crippen LogP contribution in [0.2, 0.25) is 0 Å². The molecule has 1 aromatic heterocycles. The normalized spacial score (nSPS) is 18.1. The van der Waals surface area contributed by atoms with E-state index in [-0.39, 0.29) is 10.4 Å². The Morgan fingerprint density at radius 1 is 1.40 bits per heavy atom. The van der Waals surface area contributed by atoms with Crippen molar-refractivity contribution in [2.45, 2.75) is 43.0 Å². The molecule has 0 unspecified atom stereocenters. The molecule has 0 aliphatic heterocycles. The van der Waals surface area contributed by atoms with Crippen LogP contribution < -0.4 is 10.5 Å². The van der Waals surface area contributed by atoms with Gasteiger partial charge in [-0.15, -0.1) is 0 Å². The van der Waals surface area contributed by atoms with Crippen LogP contribution in [0.4, 0.5) is 5.69 Å². The third-order valence-corrected chi connectivity index (χ3v) is 5.91. The van der Waals surface area contributed by atoms with Crippen LogP contribution in [0.5, 0.6) is 0 Å². The van der Waals surface area contributed by atoms with E-state index < -0.39 is 10.0 Å². The summed E-state index contributed by atoms with van der Waals surface area (Å²) in [6.07, 6.45) is 5.25. The molecule has 1 fully saturated rings. The lowest BCUT2D eigenvalue weighted by molar-refractivity contribution is 0.214. The lowest BCUT2D eigenvalue weighted by Crippen LogP contribution is -2.52.